The second kappa shape index (κ2) is 15.3. The molecule has 0 N–H and O–H groups in total. The molecule has 0 aromatic heterocycles. The van der Waals surface area contributed by atoms with E-state index < -0.39 is 0 Å². The Morgan fingerprint density at radius 1 is 0.581 bits per heavy atom. The zero-order valence-electron chi connectivity index (χ0n) is 19.2. The first-order valence-corrected chi connectivity index (χ1v) is 11.9. The number of rotatable bonds is 16. The van der Waals surface area contributed by atoms with Gasteiger partial charge in [0.25, 0.3) is 0 Å². The molecule has 31 heavy (non-hydrogen) atoms. The molecule has 0 fully saturated rings. The summed E-state index contributed by atoms with van der Waals surface area (Å²) in [5, 5.41) is 0. The molecule has 0 spiro atoms. The molecule has 4 nitrogen and oxygen atoms in total. The highest BCUT2D eigenvalue weighted by Crippen LogP contribution is 2.20. The van der Waals surface area contributed by atoms with Crippen molar-refractivity contribution in [2.45, 2.75) is 78.1 Å². The van der Waals surface area contributed by atoms with E-state index in [2.05, 4.69) is 13.8 Å². The average molecular weight is 427 g/mol. The minimum absolute atomic E-state index is 0.384. The van der Waals surface area contributed by atoms with Crippen LogP contribution in [0.2, 0.25) is 0 Å². The van der Waals surface area contributed by atoms with Gasteiger partial charge in [-0.25, -0.2) is 4.79 Å². The van der Waals surface area contributed by atoms with Gasteiger partial charge in [-0.2, -0.15) is 0 Å². The van der Waals surface area contributed by atoms with Crippen LogP contribution < -0.4 is 14.2 Å². The molecular weight excluding hydrogens is 388 g/mol. The minimum atomic E-state index is -0.384. The molecule has 2 rings (SSSR count). The molecule has 0 radical (unpaired) electrons. The van der Waals surface area contributed by atoms with Crippen LogP contribution in [-0.2, 0) is 0 Å². The molecule has 0 saturated carbocycles. The fourth-order valence-electron chi connectivity index (χ4n) is 3.28. The maximum absolute atomic E-state index is 12.3. The second-order valence-electron chi connectivity index (χ2n) is 7.91. The molecule has 0 aliphatic carbocycles. The molecule has 0 bridgehead atoms. The van der Waals surface area contributed by atoms with Crippen molar-refractivity contribution in [3.05, 3.63) is 54.1 Å². The summed E-state index contributed by atoms with van der Waals surface area (Å²) < 4.78 is 16.8. The van der Waals surface area contributed by atoms with Gasteiger partial charge < -0.3 is 14.2 Å². The summed E-state index contributed by atoms with van der Waals surface area (Å²) >= 11 is 0. The third-order valence-corrected chi connectivity index (χ3v) is 5.11. The van der Waals surface area contributed by atoms with Crippen LogP contribution >= 0.6 is 0 Å². The van der Waals surface area contributed by atoms with E-state index in [1.54, 1.807) is 36.4 Å². The summed E-state index contributed by atoms with van der Waals surface area (Å²) in [6.45, 7) is 5.70. The number of hydrogen-bond donors (Lipinski definition) is 0. The van der Waals surface area contributed by atoms with Crippen molar-refractivity contribution < 1.29 is 19.0 Å². The van der Waals surface area contributed by atoms with Crippen molar-refractivity contribution in [2.75, 3.05) is 13.2 Å². The van der Waals surface area contributed by atoms with Crippen LogP contribution in [0.5, 0.6) is 17.2 Å². The van der Waals surface area contributed by atoms with Gasteiger partial charge in [-0.15, -0.1) is 0 Å². The number of carbonyl (C=O) groups is 1. The van der Waals surface area contributed by atoms with Crippen LogP contribution in [0.25, 0.3) is 0 Å². The van der Waals surface area contributed by atoms with Gasteiger partial charge in [0.1, 0.15) is 17.2 Å². The summed E-state index contributed by atoms with van der Waals surface area (Å²) in [6.07, 6.45) is 12.6. The SMILES string of the molecule is CCCCCCCCCCCOc1ccc(OC(=O)c2ccc(OCCC)cc2)cc1. The number of carbonyl (C=O) groups excluding carboxylic acids is 1. The molecule has 170 valence electrons. The minimum Gasteiger partial charge on any atom is -0.494 e. The Labute approximate surface area is 187 Å². The Balaban J connectivity index is 1.62. The number of ether oxygens (including phenoxy) is 3. The third-order valence-electron chi connectivity index (χ3n) is 5.11. The lowest BCUT2D eigenvalue weighted by molar-refractivity contribution is 0.0734. The predicted octanol–water partition coefficient (Wildman–Crippen LogP) is 7.60. The highest BCUT2D eigenvalue weighted by molar-refractivity contribution is 5.91. The Bertz CT molecular complexity index is 722. The smallest absolute Gasteiger partial charge is 0.343 e. The molecule has 0 aliphatic heterocycles. The first-order chi connectivity index (χ1) is 15.2. The van der Waals surface area contributed by atoms with E-state index in [-0.39, 0.29) is 5.97 Å². The Morgan fingerprint density at radius 3 is 1.65 bits per heavy atom. The topological polar surface area (TPSA) is 44.8 Å². The van der Waals surface area contributed by atoms with Gasteiger partial charge in [0.15, 0.2) is 0 Å². The standard InChI is InChI=1S/C27H38O4/c1-3-5-6-7-8-9-10-11-12-22-30-25-17-19-26(20-18-25)31-27(28)23-13-15-24(16-14-23)29-21-4-2/h13-20H,3-12,21-22H2,1-2H3. The lowest BCUT2D eigenvalue weighted by Crippen LogP contribution is -2.08. The van der Waals surface area contributed by atoms with E-state index in [1.807, 2.05) is 12.1 Å². The van der Waals surface area contributed by atoms with E-state index in [1.165, 1.54) is 51.4 Å². The fraction of sp³-hybridized carbons (Fsp3) is 0.519. The molecule has 0 atom stereocenters. The van der Waals surface area contributed by atoms with Gasteiger partial charge in [0.2, 0.25) is 0 Å². The van der Waals surface area contributed by atoms with Crippen LogP contribution in [0.3, 0.4) is 0 Å². The highest BCUT2D eigenvalue weighted by atomic mass is 16.5. The lowest BCUT2D eigenvalue weighted by atomic mass is 10.1. The second-order valence-corrected chi connectivity index (χ2v) is 7.91. The van der Waals surface area contributed by atoms with E-state index in [4.69, 9.17) is 14.2 Å². The molecule has 0 saturated heterocycles. The van der Waals surface area contributed by atoms with Crippen molar-refractivity contribution in [1.82, 2.24) is 0 Å². The zero-order chi connectivity index (χ0) is 22.2. The van der Waals surface area contributed by atoms with Gasteiger partial charge in [0, 0.05) is 0 Å². The first kappa shape index (κ1) is 24.8. The van der Waals surface area contributed by atoms with Crippen molar-refractivity contribution in [3.63, 3.8) is 0 Å². The van der Waals surface area contributed by atoms with Crippen LogP contribution in [0.15, 0.2) is 48.5 Å². The van der Waals surface area contributed by atoms with Crippen LogP contribution in [0, 0.1) is 0 Å². The Hall–Kier alpha value is -2.49. The molecule has 0 amide bonds. The average Bonchev–Trinajstić information content (AvgIpc) is 2.80. The van der Waals surface area contributed by atoms with Gasteiger partial charge in [0.05, 0.1) is 18.8 Å². The normalized spacial score (nSPS) is 10.6. The monoisotopic (exact) mass is 426 g/mol. The molecule has 0 aliphatic rings. The fourth-order valence-corrected chi connectivity index (χ4v) is 3.28. The van der Waals surface area contributed by atoms with E-state index in [0.29, 0.717) is 17.9 Å². The first-order valence-electron chi connectivity index (χ1n) is 11.9. The molecule has 2 aromatic carbocycles. The predicted molar refractivity (Wildman–Crippen MR) is 126 cm³/mol. The summed E-state index contributed by atoms with van der Waals surface area (Å²) in [6, 6.07) is 14.2. The van der Waals surface area contributed by atoms with Gasteiger partial charge in [-0.1, -0.05) is 65.2 Å². The quantitative estimate of drug-likeness (QED) is 0.157. The molecule has 4 heteroatoms. The van der Waals surface area contributed by atoms with E-state index in [0.717, 1.165) is 30.9 Å². The number of hydrogen-bond acceptors (Lipinski definition) is 4. The summed E-state index contributed by atoms with van der Waals surface area (Å²) in [7, 11) is 0. The van der Waals surface area contributed by atoms with Crippen molar-refractivity contribution in [3.8, 4) is 17.2 Å². The van der Waals surface area contributed by atoms with Gasteiger partial charge in [-0.05, 0) is 61.4 Å². The van der Waals surface area contributed by atoms with Crippen molar-refractivity contribution in [2.24, 2.45) is 0 Å². The summed E-state index contributed by atoms with van der Waals surface area (Å²) in [4.78, 5) is 12.3. The number of unbranched alkanes of at least 4 members (excludes halogenated alkanes) is 8. The zero-order valence-corrected chi connectivity index (χ0v) is 19.2. The summed E-state index contributed by atoms with van der Waals surface area (Å²) in [5.74, 6) is 1.68. The van der Waals surface area contributed by atoms with Gasteiger partial charge in [-0.3, -0.25) is 0 Å². The Kier molecular flexibility index (Phi) is 12.3. The number of esters is 1. The maximum Gasteiger partial charge on any atom is 0.343 e. The lowest BCUT2D eigenvalue weighted by Gasteiger charge is -2.09. The summed E-state index contributed by atoms with van der Waals surface area (Å²) in [5.41, 5.74) is 0.495. The molecule has 0 heterocycles. The molecule has 2 aromatic rings. The van der Waals surface area contributed by atoms with Crippen molar-refractivity contribution >= 4 is 5.97 Å². The Morgan fingerprint density at radius 2 is 1.06 bits per heavy atom. The maximum atomic E-state index is 12.3. The van der Waals surface area contributed by atoms with Crippen LogP contribution in [0.4, 0.5) is 0 Å². The van der Waals surface area contributed by atoms with E-state index in [9.17, 15) is 4.79 Å². The van der Waals surface area contributed by atoms with Crippen LogP contribution in [-0.4, -0.2) is 19.2 Å². The van der Waals surface area contributed by atoms with Crippen molar-refractivity contribution in [1.29, 1.82) is 0 Å². The molecular formula is C27H38O4. The largest absolute Gasteiger partial charge is 0.494 e. The molecule has 0 unspecified atom stereocenters. The van der Waals surface area contributed by atoms with Gasteiger partial charge >= 0.3 is 5.97 Å². The van der Waals surface area contributed by atoms with Crippen LogP contribution in [0.1, 0.15) is 88.4 Å². The highest BCUT2D eigenvalue weighted by Gasteiger charge is 2.09. The third kappa shape index (κ3) is 10.4. The number of benzene rings is 2. The van der Waals surface area contributed by atoms with E-state index >= 15 is 0 Å².